The van der Waals surface area contributed by atoms with Crippen LogP contribution in [0.4, 0.5) is 4.39 Å². The molecule has 1 aliphatic heterocycles. The topological polar surface area (TPSA) is 15.3 Å². The maximum absolute atomic E-state index is 13.4. The molecule has 3 heteroatoms. The lowest BCUT2D eigenvalue weighted by molar-refractivity contribution is 0.0121. The number of halogens is 1. The van der Waals surface area contributed by atoms with Crippen molar-refractivity contribution in [1.29, 1.82) is 0 Å². The smallest absolute Gasteiger partial charge is 0.123 e. The van der Waals surface area contributed by atoms with Crippen molar-refractivity contribution in [2.24, 2.45) is 0 Å². The van der Waals surface area contributed by atoms with E-state index in [1.807, 2.05) is 12.1 Å². The van der Waals surface area contributed by atoms with Crippen LogP contribution in [0.25, 0.3) is 0 Å². The molecule has 2 aliphatic rings. The number of hydrogen-bond acceptors (Lipinski definition) is 2. The van der Waals surface area contributed by atoms with E-state index in [9.17, 15) is 4.39 Å². The zero-order valence-electron chi connectivity index (χ0n) is 12.6. The minimum atomic E-state index is -0.127. The molecule has 1 spiro atoms. The quantitative estimate of drug-likeness (QED) is 0.891. The molecule has 1 aromatic carbocycles. The maximum Gasteiger partial charge on any atom is 0.123 e. The van der Waals surface area contributed by atoms with Crippen LogP contribution in [-0.4, -0.2) is 29.1 Å². The molecule has 0 unspecified atom stereocenters. The molecule has 0 radical (unpaired) electrons. The molecule has 0 aromatic heterocycles. The van der Waals surface area contributed by atoms with Gasteiger partial charge in [0.05, 0.1) is 0 Å². The molecule has 1 N–H and O–H groups in total. The van der Waals surface area contributed by atoms with Gasteiger partial charge in [-0.25, -0.2) is 4.39 Å². The van der Waals surface area contributed by atoms with Crippen LogP contribution in [0.5, 0.6) is 0 Å². The van der Waals surface area contributed by atoms with E-state index in [4.69, 9.17) is 0 Å². The maximum atomic E-state index is 13.4. The van der Waals surface area contributed by atoms with Crippen molar-refractivity contribution in [2.75, 3.05) is 13.1 Å². The Kier molecular flexibility index (Phi) is 3.59. The summed E-state index contributed by atoms with van der Waals surface area (Å²) in [5.74, 6) is -0.127. The monoisotopic (exact) mass is 276 g/mol. The minimum Gasteiger partial charge on any atom is -0.309 e. The lowest BCUT2D eigenvalue weighted by atomic mass is 9.86. The fourth-order valence-electron chi connectivity index (χ4n) is 3.82. The lowest BCUT2D eigenvalue weighted by Crippen LogP contribution is -2.66. The molecule has 1 saturated heterocycles. The Hall–Kier alpha value is -0.930. The van der Waals surface area contributed by atoms with E-state index in [-0.39, 0.29) is 11.4 Å². The van der Waals surface area contributed by atoms with Gasteiger partial charge in [0.15, 0.2) is 0 Å². The second-order valence-electron chi connectivity index (χ2n) is 7.15. The van der Waals surface area contributed by atoms with Crippen LogP contribution in [0.3, 0.4) is 0 Å². The van der Waals surface area contributed by atoms with E-state index in [0.29, 0.717) is 5.54 Å². The molecule has 3 rings (SSSR count). The number of piperazine rings is 1. The Morgan fingerprint density at radius 1 is 1.25 bits per heavy atom. The standard InChI is InChI=1S/C17H25FN2/c1-16(2)13-20(11-14-6-5-7-15(18)10-14)17(12-19-16)8-3-4-9-17/h5-7,10,19H,3-4,8-9,11-13H2,1-2H3. The van der Waals surface area contributed by atoms with E-state index in [2.05, 4.69) is 24.1 Å². The van der Waals surface area contributed by atoms with E-state index in [1.54, 1.807) is 6.07 Å². The van der Waals surface area contributed by atoms with Crippen molar-refractivity contribution in [1.82, 2.24) is 10.2 Å². The number of rotatable bonds is 2. The van der Waals surface area contributed by atoms with Gasteiger partial charge < -0.3 is 5.32 Å². The molecule has 0 atom stereocenters. The summed E-state index contributed by atoms with van der Waals surface area (Å²) < 4.78 is 13.4. The summed E-state index contributed by atoms with van der Waals surface area (Å²) in [6.45, 7) is 7.47. The van der Waals surface area contributed by atoms with Crippen LogP contribution in [0.1, 0.15) is 45.1 Å². The van der Waals surface area contributed by atoms with Gasteiger partial charge >= 0.3 is 0 Å². The van der Waals surface area contributed by atoms with E-state index < -0.39 is 0 Å². The van der Waals surface area contributed by atoms with Crippen LogP contribution in [0, 0.1) is 5.82 Å². The van der Waals surface area contributed by atoms with Gasteiger partial charge in [-0.2, -0.15) is 0 Å². The second kappa shape index (κ2) is 5.12. The Morgan fingerprint density at radius 3 is 2.70 bits per heavy atom. The average molecular weight is 276 g/mol. The first kappa shape index (κ1) is 14.0. The molecule has 20 heavy (non-hydrogen) atoms. The van der Waals surface area contributed by atoms with Crippen LogP contribution in [0.15, 0.2) is 24.3 Å². The van der Waals surface area contributed by atoms with Crippen molar-refractivity contribution in [2.45, 2.75) is 57.2 Å². The summed E-state index contributed by atoms with van der Waals surface area (Å²) >= 11 is 0. The van der Waals surface area contributed by atoms with Crippen LogP contribution in [-0.2, 0) is 6.54 Å². The van der Waals surface area contributed by atoms with Crippen molar-refractivity contribution in [3.05, 3.63) is 35.6 Å². The molecular formula is C17H25FN2. The predicted octanol–water partition coefficient (Wildman–Crippen LogP) is 3.32. The third-order valence-electron chi connectivity index (χ3n) is 4.95. The van der Waals surface area contributed by atoms with Crippen molar-refractivity contribution in [3.8, 4) is 0 Å². The molecular weight excluding hydrogens is 251 g/mol. The van der Waals surface area contributed by atoms with Gasteiger partial charge in [-0.05, 0) is 44.4 Å². The van der Waals surface area contributed by atoms with E-state index >= 15 is 0 Å². The highest BCUT2D eigenvalue weighted by atomic mass is 19.1. The van der Waals surface area contributed by atoms with Crippen LogP contribution >= 0.6 is 0 Å². The highest BCUT2D eigenvalue weighted by molar-refractivity contribution is 5.18. The Balaban J connectivity index is 1.82. The first-order valence-corrected chi connectivity index (χ1v) is 7.74. The number of nitrogens with zero attached hydrogens (tertiary/aromatic N) is 1. The highest BCUT2D eigenvalue weighted by Gasteiger charge is 2.45. The normalized spacial score (nSPS) is 25.1. The van der Waals surface area contributed by atoms with Crippen molar-refractivity contribution < 1.29 is 4.39 Å². The minimum absolute atomic E-state index is 0.127. The van der Waals surface area contributed by atoms with Crippen LogP contribution < -0.4 is 5.32 Å². The summed E-state index contributed by atoms with van der Waals surface area (Å²) in [4.78, 5) is 2.60. The Morgan fingerprint density at radius 2 is 2.00 bits per heavy atom. The van der Waals surface area contributed by atoms with Crippen LogP contribution in [0.2, 0.25) is 0 Å². The summed E-state index contributed by atoms with van der Waals surface area (Å²) in [6, 6.07) is 7.06. The molecule has 1 saturated carbocycles. The molecule has 1 aromatic rings. The van der Waals surface area contributed by atoms with Gasteiger partial charge in [0, 0.05) is 30.7 Å². The van der Waals surface area contributed by atoms with Gasteiger partial charge in [0.25, 0.3) is 0 Å². The zero-order chi connectivity index (χ0) is 14.2. The van der Waals surface area contributed by atoms with Gasteiger partial charge in [0.2, 0.25) is 0 Å². The SMILES string of the molecule is CC1(C)CN(Cc2cccc(F)c2)C2(CCCC2)CN1. The number of benzene rings is 1. The third kappa shape index (κ3) is 2.75. The number of nitrogens with one attached hydrogen (secondary N) is 1. The fraction of sp³-hybridized carbons (Fsp3) is 0.647. The molecule has 0 amide bonds. The molecule has 1 heterocycles. The van der Waals surface area contributed by atoms with Gasteiger partial charge in [0.1, 0.15) is 5.82 Å². The molecule has 110 valence electrons. The summed E-state index contributed by atoms with van der Waals surface area (Å²) in [6.07, 6.45) is 5.18. The lowest BCUT2D eigenvalue weighted by Gasteiger charge is -2.51. The van der Waals surface area contributed by atoms with Crippen molar-refractivity contribution >= 4 is 0 Å². The fourth-order valence-corrected chi connectivity index (χ4v) is 3.82. The summed E-state index contributed by atoms with van der Waals surface area (Å²) in [5, 5.41) is 3.70. The van der Waals surface area contributed by atoms with Crippen molar-refractivity contribution in [3.63, 3.8) is 0 Å². The third-order valence-corrected chi connectivity index (χ3v) is 4.95. The Labute approximate surface area is 121 Å². The first-order chi connectivity index (χ1) is 9.49. The number of hydrogen-bond donors (Lipinski definition) is 1. The average Bonchev–Trinajstić information content (AvgIpc) is 2.84. The second-order valence-corrected chi connectivity index (χ2v) is 7.15. The molecule has 2 nitrogen and oxygen atoms in total. The Bertz CT molecular complexity index is 478. The van der Waals surface area contributed by atoms with Gasteiger partial charge in [-0.15, -0.1) is 0 Å². The molecule has 0 bridgehead atoms. The predicted molar refractivity (Wildman–Crippen MR) is 80.1 cm³/mol. The van der Waals surface area contributed by atoms with E-state index in [1.165, 1.54) is 31.7 Å². The summed E-state index contributed by atoms with van der Waals surface area (Å²) in [7, 11) is 0. The molecule has 2 fully saturated rings. The molecule has 1 aliphatic carbocycles. The largest absolute Gasteiger partial charge is 0.309 e. The van der Waals surface area contributed by atoms with Gasteiger partial charge in [-0.3, -0.25) is 4.90 Å². The summed E-state index contributed by atoms with van der Waals surface area (Å²) in [5.41, 5.74) is 1.53. The zero-order valence-corrected chi connectivity index (χ0v) is 12.6. The van der Waals surface area contributed by atoms with E-state index in [0.717, 1.165) is 25.2 Å². The highest BCUT2D eigenvalue weighted by Crippen LogP contribution is 2.39. The van der Waals surface area contributed by atoms with Gasteiger partial charge in [-0.1, -0.05) is 25.0 Å². The first-order valence-electron chi connectivity index (χ1n) is 7.74.